The van der Waals surface area contributed by atoms with E-state index in [1.165, 1.54) is 6.92 Å². The van der Waals surface area contributed by atoms with E-state index in [0.717, 1.165) is 5.82 Å². The smallest absolute Gasteiger partial charge is 0.151 e. The fourth-order valence-electron chi connectivity index (χ4n) is 1.87. The first-order valence-corrected chi connectivity index (χ1v) is 5.12. The van der Waals surface area contributed by atoms with Crippen molar-refractivity contribution in [1.82, 2.24) is 4.98 Å². The van der Waals surface area contributed by atoms with E-state index in [1.807, 2.05) is 23.1 Å². The van der Waals surface area contributed by atoms with Crippen LogP contribution in [-0.2, 0) is 0 Å². The fraction of sp³-hybridized carbons (Fsp3) is 0.545. The molecule has 1 aliphatic rings. The summed E-state index contributed by atoms with van der Waals surface area (Å²) in [6, 6.07) is 5.56. The predicted octanol–water partition coefficient (Wildman–Crippen LogP) is 1.38. The second-order valence-electron chi connectivity index (χ2n) is 4.19. The molecule has 15 heavy (non-hydrogen) atoms. The van der Waals surface area contributed by atoms with Crippen molar-refractivity contribution in [1.29, 1.82) is 0 Å². The lowest BCUT2D eigenvalue weighted by Crippen LogP contribution is -2.52. The summed E-state index contributed by atoms with van der Waals surface area (Å²) in [5.41, 5.74) is -1.55. The maximum absolute atomic E-state index is 13.9. The van der Waals surface area contributed by atoms with E-state index in [9.17, 15) is 9.50 Å². The molecule has 1 aromatic rings. The number of aliphatic hydroxyl groups is 1. The zero-order chi connectivity index (χ0) is 10.9. The summed E-state index contributed by atoms with van der Waals surface area (Å²) < 4.78 is 13.9. The van der Waals surface area contributed by atoms with E-state index in [0.29, 0.717) is 13.0 Å². The first kappa shape index (κ1) is 10.4. The van der Waals surface area contributed by atoms with Gasteiger partial charge in [0.15, 0.2) is 5.67 Å². The minimum absolute atomic E-state index is 0.200. The number of nitrogens with zero attached hydrogens (tertiary/aromatic N) is 2. The van der Waals surface area contributed by atoms with E-state index in [-0.39, 0.29) is 6.54 Å². The third-order valence-corrected chi connectivity index (χ3v) is 2.84. The summed E-state index contributed by atoms with van der Waals surface area (Å²) in [5, 5.41) is 9.48. The van der Waals surface area contributed by atoms with Gasteiger partial charge in [-0.1, -0.05) is 6.07 Å². The Bertz CT molecular complexity index is 329. The van der Waals surface area contributed by atoms with Gasteiger partial charge >= 0.3 is 0 Å². The number of piperidine rings is 1. The maximum Gasteiger partial charge on any atom is 0.151 e. The molecule has 1 N–H and O–H groups in total. The van der Waals surface area contributed by atoms with Crippen LogP contribution in [0.5, 0.6) is 0 Å². The van der Waals surface area contributed by atoms with E-state index in [2.05, 4.69) is 4.98 Å². The lowest BCUT2D eigenvalue weighted by Gasteiger charge is -2.39. The first-order valence-electron chi connectivity index (χ1n) is 5.12. The van der Waals surface area contributed by atoms with Crippen LogP contribution >= 0.6 is 0 Å². The van der Waals surface area contributed by atoms with Crippen LogP contribution in [0.2, 0.25) is 0 Å². The molecule has 82 valence electrons. The zero-order valence-electron chi connectivity index (χ0n) is 8.73. The first-order chi connectivity index (χ1) is 7.09. The number of pyridine rings is 1. The number of hydrogen-bond donors (Lipinski definition) is 1. The number of rotatable bonds is 1. The van der Waals surface area contributed by atoms with Gasteiger partial charge in [-0.15, -0.1) is 0 Å². The quantitative estimate of drug-likeness (QED) is 0.760. The number of anilines is 1. The number of halogens is 1. The van der Waals surface area contributed by atoms with E-state index in [4.69, 9.17) is 0 Å². The van der Waals surface area contributed by atoms with Gasteiger partial charge in [0, 0.05) is 12.7 Å². The topological polar surface area (TPSA) is 36.4 Å². The van der Waals surface area contributed by atoms with Crippen molar-refractivity contribution in [2.75, 3.05) is 18.0 Å². The van der Waals surface area contributed by atoms with Crippen molar-refractivity contribution < 1.29 is 9.50 Å². The predicted molar refractivity (Wildman–Crippen MR) is 56.6 cm³/mol. The van der Waals surface area contributed by atoms with Crippen molar-refractivity contribution in [3.63, 3.8) is 0 Å². The molecule has 0 amide bonds. The Labute approximate surface area is 88.6 Å². The molecule has 2 heterocycles. The minimum Gasteiger partial charge on any atom is -0.390 e. The van der Waals surface area contributed by atoms with Gasteiger partial charge < -0.3 is 10.0 Å². The van der Waals surface area contributed by atoms with Crippen LogP contribution in [0.25, 0.3) is 0 Å². The third kappa shape index (κ3) is 2.09. The molecule has 0 spiro atoms. The van der Waals surface area contributed by atoms with Crippen molar-refractivity contribution in [2.45, 2.75) is 25.1 Å². The van der Waals surface area contributed by atoms with Gasteiger partial charge in [0.25, 0.3) is 0 Å². The Hall–Kier alpha value is -1.16. The molecular formula is C11H15FN2O. The molecule has 1 saturated heterocycles. The van der Waals surface area contributed by atoms with Crippen LogP contribution in [-0.4, -0.2) is 35.0 Å². The van der Waals surface area contributed by atoms with Gasteiger partial charge in [0.2, 0.25) is 0 Å². The number of aliphatic hydroxyl groups excluding tert-OH is 1. The highest BCUT2D eigenvalue weighted by atomic mass is 19.1. The molecule has 2 unspecified atom stereocenters. The molecule has 0 aliphatic carbocycles. The molecule has 0 aromatic carbocycles. The third-order valence-electron chi connectivity index (χ3n) is 2.84. The monoisotopic (exact) mass is 210 g/mol. The van der Waals surface area contributed by atoms with Gasteiger partial charge in [0.1, 0.15) is 5.82 Å². The largest absolute Gasteiger partial charge is 0.390 e. The van der Waals surface area contributed by atoms with E-state index < -0.39 is 11.8 Å². The van der Waals surface area contributed by atoms with Gasteiger partial charge in [-0.25, -0.2) is 9.37 Å². The highest BCUT2D eigenvalue weighted by Crippen LogP contribution is 2.27. The summed E-state index contributed by atoms with van der Waals surface area (Å²) in [6.07, 6.45) is 1.27. The molecule has 4 heteroatoms. The van der Waals surface area contributed by atoms with Gasteiger partial charge in [-0.2, -0.15) is 0 Å². The molecular weight excluding hydrogens is 195 g/mol. The zero-order valence-corrected chi connectivity index (χ0v) is 8.73. The highest BCUT2D eigenvalue weighted by Gasteiger charge is 2.39. The van der Waals surface area contributed by atoms with Gasteiger partial charge in [0.05, 0.1) is 12.6 Å². The minimum atomic E-state index is -1.55. The summed E-state index contributed by atoms with van der Waals surface area (Å²) in [6.45, 7) is 2.29. The lowest BCUT2D eigenvalue weighted by atomic mass is 9.93. The summed E-state index contributed by atoms with van der Waals surface area (Å²) in [4.78, 5) is 6.04. The van der Waals surface area contributed by atoms with Crippen LogP contribution in [0.4, 0.5) is 10.2 Å². The summed E-state index contributed by atoms with van der Waals surface area (Å²) >= 11 is 0. The van der Waals surface area contributed by atoms with Crippen LogP contribution in [0, 0.1) is 0 Å². The Morgan fingerprint density at radius 1 is 1.60 bits per heavy atom. The Morgan fingerprint density at radius 2 is 2.40 bits per heavy atom. The molecule has 1 aromatic heterocycles. The fourth-order valence-corrected chi connectivity index (χ4v) is 1.87. The number of hydrogen-bond acceptors (Lipinski definition) is 3. The molecule has 1 aliphatic heterocycles. The SMILES string of the molecule is CC1(F)CN(c2ccccn2)CCC1O. The molecule has 1 fully saturated rings. The van der Waals surface area contributed by atoms with E-state index in [1.54, 1.807) is 6.20 Å². The highest BCUT2D eigenvalue weighted by molar-refractivity contribution is 5.39. The molecule has 0 saturated carbocycles. The standard InChI is InChI=1S/C11H15FN2O/c1-11(12)8-14(7-5-9(11)15)10-4-2-3-6-13-10/h2-4,6,9,15H,5,7-8H2,1H3. The lowest BCUT2D eigenvalue weighted by molar-refractivity contribution is -0.00842. The molecule has 2 atom stereocenters. The van der Waals surface area contributed by atoms with Crippen LogP contribution in [0.15, 0.2) is 24.4 Å². The summed E-state index contributed by atoms with van der Waals surface area (Å²) in [7, 11) is 0. The Balaban J connectivity index is 2.14. The average Bonchev–Trinajstić information content (AvgIpc) is 2.23. The second-order valence-corrected chi connectivity index (χ2v) is 4.19. The van der Waals surface area contributed by atoms with Gasteiger partial charge in [-0.05, 0) is 25.5 Å². The van der Waals surface area contributed by atoms with Crippen LogP contribution in [0.3, 0.4) is 0 Å². The van der Waals surface area contributed by atoms with Crippen molar-refractivity contribution in [2.24, 2.45) is 0 Å². The second kappa shape index (κ2) is 3.77. The maximum atomic E-state index is 13.9. The molecule has 3 nitrogen and oxygen atoms in total. The van der Waals surface area contributed by atoms with Crippen LogP contribution < -0.4 is 4.90 Å². The van der Waals surface area contributed by atoms with Crippen LogP contribution in [0.1, 0.15) is 13.3 Å². The van der Waals surface area contributed by atoms with Gasteiger partial charge in [-0.3, -0.25) is 0 Å². The average molecular weight is 210 g/mol. The Morgan fingerprint density at radius 3 is 3.00 bits per heavy atom. The summed E-state index contributed by atoms with van der Waals surface area (Å²) in [5.74, 6) is 0.772. The van der Waals surface area contributed by atoms with Crippen molar-refractivity contribution in [3.8, 4) is 0 Å². The Kier molecular flexibility index (Phi) is 2.61. The molecule has 0 bridgehead atoms. The normalized spacial score (nSPS) is 31.7. The molecule has 0 radical (unpaired) electrons. The van der Waals surface area contributed by atoms with E-state index >= 15 is 0 Å². The van der Waals surface area contributed by atoms with Crippen molar-refractivity contribution in [3.05, 3.63) is 24.4 Å². The number of alkyl halides is 1. The van der Waals surface area contributed by atoms with Crippen molar-refractivity contribution >= 4 is 5.82 Å². The molecule has 2 rings (SSSR count). The number of aromatic nitrogens is 1.